The molecule has 3 rings (SSSR count). The van der Waals surface area contributed by atoms with Crippen LogP contribution in [-0.2, 0) is 5.41 Å². The smallest absolute Gasteiger partial charge is 0.193 e. The van der Waals surface area contributed by atoms with Crippen molar-refractivity contribution in [2.75, 3.05) is 39.8 Å². The van der Waals surface area contributed by atoms with E-state index in [2.05, 4.69) is 46.1 Å². The number of benzene rings is 1. The van der Waals surface area contributed by atoms with Gasteiger partial charge in [0.25, 0.3) is 0 Å². The maximum Gasteiger partial charge on any atom is 0.193 e. The molecular formula is C20H29FN4. The zero-order chi connectivity index (χ0) is 17.9. The van der Waals surface area contributed by atoms with E-state index in [1.807, 2.05) is 13.1 Å². The monoisotopic (exact) mass is 344 g/mol. The fourth-order valence-corrected chi connectivity index (χ4v) is 3.67. The summed E-state index contributed by atoms with van der Waals surface area (Å²) in [5.74, 6) is 0.760. The van der Waals surface area contributed by atoms with Crippen LogP contribution >= 0.6 is 0 Å². The fraction of sp³-hybridized carbons (Fsp3) is 0.550. The van der Waals surface area contributed by atoms with E-state index in [0.29, 0.717) is 6.04 Å². The van der Waals surface area contributed by atoms with Crippen LogP contribution in [0.1, 0.15) is 25.8 Å². The highest BCUT2D eigenvalue weighted by Crippen LogP contribution is 2.23. The number of aliphatic imine (C=N–C) groups is 1. The molecule has 0 aromatic heterocycles. The minimum Gasteiger partial charge on any atom is -0.355 e. The van der Waals surface area contributed by atoms with E-state index in [1.165, 1.54) is 12.5 Å². The lowest BCUT2D eigenvalue weighted by atomic mass is 9.84. The molecule has 1 aromatic rings. The molecule has 1 unspecified atom stereocenters. The summed E-state index contributed by atoms with van der Waals surface area (Å²) < 4.78 is 13.5. The lowest BCUT2D eigenvalue weighted by Crippen LogP contribution is -2.46. The first-order valence-electron chi connectivity index (χ1n) is 9.10. The highest BCUT2D eigenvalue weighted by molar-refractivity contribution is 5.80. The highest BCUT2D eigenvalue weighted by Gasteiger charge is 2.30. The summed E-state index contributed by atoms with van der Waals surface area (Å²) in [5.41, 5.74) is 0.827. The molecule has 136 valence electrons. The van der Waals surface area contributed by atoms with Crippen LogP contribution in [0.2, 0.25) is 0 Å². The number of rotatable bonds is 4. The van der Waals surface area contributed by atoms with Gasteiger partial charge < -0.3 is 10.2 Å². The van der Waals surface area contributed by atoms with Crippen molar-refractivity contribution in [1.29, 1.82) is 0 Å². The van der Waals surface area contributed by atoms with Crippen molar-refractivity contribution in [3.8, 4) is 0 Å². The van der Waals surface area contributed by atoms with E-state index in [1.54, 1.807) is 12.1 Å². The molecule has 1 fully saturated rings. The van der Waals surface area contributed by atoms with Crippen LogP contribution in [-0.4, -0.2) is 61.6 Å². The molecule has 1 N–H and O–H groups in total. The van der Waals surface area contributed by atoms with Crippen LogP contribution in [0.5, 0.6) is 0 Å². The Morgan fingerprint density at radius 3 is 2.76 bits per heavy atom. The van der Waals surface area contributed by atoms with Crippen LogP contribution in [0.4, 0.5) is 4.39 Å². The number of nitrogens with one attached hydrogen (secondary N) is 1. The second-order valence-electron chi connectivity index (χ2n) is 7.61. The summed E-state index contributed by atoms with van der Waals surface area (Å²) >= 11 is 0. The van der Waals surface area contributed by atoms with Crippen molar-refractivity contribution in [2.45, 2.75) is 31.7 Å². The Hall–Kier alpha value is -1.88. The zero-order valence-electron chi connectivity index (χ0n) is 15.5. The van der Waals surface area contributed by atoms with Crippen molar-refractivity contribution in [2.24, 2.45) is 4.99 Å². The van der Waals surface area contributed by atoms with Crippen LogP contribution in [0.25, 0.3) is 0 Å². The normalized spacial score (nSPS) is 22.0. The number of halogens is 1. The average molecular weight is 344 g/mol. The molecule has 2 aliphatic rings. The molecule has 1 saturated heterocycles. The third-order valence-corrected chi connectivity index (χ3v) is 5.33. The van der Waals surface area contributed by atoms with Gasteiger partial charge >= 0.3 is 0 Å². The summed E-state index contributed by atoms with van der Waals surface area (Å²) in [6.07, 6.45) is 5.67. The van der Waals surface area contributed by atoms with Gasteiger partial charge in [-0.15, -0.1) is 0 Å². The van der Waals surface area contributed by atoms with E-state index in [4.69, 9.17) is 0 Å². The van der Waals surface area contributed by atoms with Gasteiger partial charge in [-0.3, -0.25) is 9.89 Å². The van der Waals surface area contributed by atoms with Crippen molar-refractivity contribution >= 4 is 5.96 Å². The summed E-state index contributed by atoms with van der Waals surface area (Å²) in [4.78, 5) is 9.32. The fourth-order valence-electron chi connectivity index (χ4n) is 3.67. The van der Waals surface area contributed by atoms with Crippen molar-refractivity contribution in [1.82, 2.24) is 15.1 Å². The second kappa shape index (κ2) is 7.56. The number of hydrogen-bond acceptors (Lipinski definition) is 2. The van der Waals surface area contributed by atoms with E-state index in [0.717, 1.165) is 44.2 Å². The summed E-state index contributed by atoms with van der Waals surface area (Å²) in [7, 11) is 1.84. The van der Waals surface area contributed by atoms with Crippen molar-refractivity contribution in [3.05, 3.63) is 47.8 Å². The number of guanidine groups is 1. The highest BCUT2D eigenvalue weighted by atomic mass is 19.1. The van der Waals surface area contributed by atoms with Gasteiger partial charge in [-0.2, -0.15) is 0 Å². The minimum atomic E-state index is -0.184. The molecule has 5 heteroatoms. The van der Waals surface area contributed by atoms with Crippen LogP contribution < -0.4 is 5.32 Å². The van der Waals surface area contributed by atoms with Gasteiger partial charge in [0.2, 0.25) is 0 Å². The molecule has 2 aliphatic heterocycles. The topological polar surface area (TPSA) is 30.9 Å². The van der Waals surface area contributed by atoms with Crippen molar-refractivity contribution in [3.63, 3.8) is 0 Å². The number of likely N-dealkylation sites (tertiary alicyclic amines) is 1. The standard InChI is InChI=1S/C20H29FN4/c1-20(2,16-7-6-8-17(21)13-16)15-23-19(22-3)25-12-9-18(14-25)24-10-4-5-11-24/h4-8,13,18H,9-12,14-15H2,1-3H3,(H,22,23). The molecule has 25 heavy (non-hydrogen) atoms. The van der Waals surface area contributed by atoms with Gasteiger partial charge in [0.15, 0.2) is 5.96 Å². The zero-order valence-corrected chi connectivity index (χ0v) is 15.5. The first-order valence-corrected chi connectivity index (χ1v) is 9.10. The Morgan fingerprint density at radius 1 is 1.32 bits per heavy atom. The predicted octanol–water partition coefficient (Wildman–Crippen LogP) is 2.62. The van der Waals surface area contributed by atoms with Gasteiger partial charge in [0.05, 0.1) is 0 Å². The molecule has 0 amide bonds. The van der Waals surface area contributed by atoms with E-state index in [-0.39, 0.29) is 11.2 Å². The van der Waals surface area contributed by atoms with E-state index >= 15 is 0 Å². The first kappa shape index (κ1) is 17.9. The molecule has 0 bridgehead atoms. The molecule has 1 aromatic carbocycles. The predicted molar refractivity (Wildman–Crippen MR) is 101 cm³/mol. The molecule has 1 atom stereocenters. The Balaban J connectivity index is 1.57. The van der Waals surface area contributed by atoms with E-state index < -0.39 is 0 Å². The van der Waals surface area contributed by atoms with Gasteiger partial charge in [0.1, 0.15) is 5.82 Å². The Bertz CT molecular complexity index is 645. The van der Waals surface area contributed by atoms with Crippen LogP contribution in [0.15, 0.2) is 41.4 Å². The summed E-state index contributed by atoms with van der Waals surface area (Å²) in [6, 6.07) is 7.47. The molecule has 2 heterocycles. The number of nitrogens with zero attached hydrogens (tertiary/aromatic N) is 3. The van der Waals surface area contributed by atoms with Gasteiger partial charge in [-0.25, -0.2) is 4.39 Å². The second-order valence-corrected chi connectivity index (χ2v) is 7.61. The van der Waals surface area contributed by atoms with Crippen LogP contribution in [0.3, 0.4) is 0 Å². The molecule has 0 radical (unpaired) electrons. The Kier molecular flexibility index (Phi) is 5.42. The molecule has 0 spiro atoms. The number of hydrogen-bond donors (Lipinski definition) is 1. The minimum absolute atomic E-state index is 0.171. The SMILES string of the molecule is CN=C(NCC(C)(C)c1cccc(F)c1)N1CCC(N2CC=CC2)C1. The van der Waals surface area contributed by atoms with Gasteiger partial charge in [-0.1, -0.05) is 38.1 Å². The maximum absolute atomic E-state index is 13.5. The lowest BCUT2D eigenvalue weighted by molar-refractivity contribution is 0.259. The van der Waals surface area contributed by atoms with Crippen molar-refractivity contribution < 1.29 is 4.39 Å². The lowest BCUT2D eigenvalue weighted by Gasteiger charge is -2.30. The molecular weight excluding hydrogens is 315 g/mol. The Labute approximate surface area is 150 Å². The maximum atomic E-state index is 13.5. The van der Waals surface area contributed by atoms with Crippen LogP contribution in [0, 0.1) is 5.82 Å². The largest absolute Gasteiger partial charge is 0.355 e. The quantitative estimate of drug-likeness (QED) is 0.517. The summed E-state index contributed by atoms with van der Waals surface area (Å²) in [6.45, 7) is 9.16. The van der Waals surface area contributed by atoms with Gasteiger partial charge in [0, 0.05) is 51.2 Å². The first-order chi connectivity index (χ1) is 12.0. The molecule has 4 nitrogen and oxygen atoms in total. The molecule has 0 aliphatic carbocycles. The van der Waals surface area contributed by atoms with Gasteiger partial charge in [-0.05, 0) is 24.1 Å². The summed E-state index contributed by atoms with van der Waals surface area (Å²) in [5, 5.41) is 3.50. The van der Waals surface area contributed by atoms with E-state index in [9.17, 15) is 4.39 Å². The third kappa shape index (κ3) is 4.21. The average Bonchev–Trinajstić information content (AvgIpc) is 3.27. The molecule has 0 saturated carbocycles. The third-order valence-electron chi connectivity index (χ3n) is 5.33. The Morgan fingerprint density at radius 2 is 2.08 bits per heavy atom.